The van der Waals surface area contributed by atoms with E-state index in [0.29, 0.717) is 5.02 Å². The van der Waals surface area contributed by atoms with Crippen LogP contribution in [0, 0.1) is 0 Å². The molecule has 0 unspecified atom stereocenters. The summed E-state index contributed by atoms with van der Waals surface area (Å²) in [6.07, 6.45) is 1.14. The van der Waals surface area contributed by atoms with Crippen molar-refractivity contribution in [3.8, 4) is 0 Å². The first kappa shape index (κ1) is 11.6. The molecule has 3 heteroatoms. The quantitative estimate of drug-likeness (QED) is 0.580. The second kappa shape index (κ2) is 5.40. The molecule has 0 bridgehead atoms. The first-order chi connectivity index (χ1) is 7.13. The maximum atomic E-state index is 10.9. The Hall–Kier alpha value is -1.50. The van der Waals surface area contributed by atoms with Gasteiger partial charge in [-0.2, -0.15) is 0 Å². The summed E-state index contributed by atoms with van der Waals surface area (Å²) in [5, 5.41) is 0.642. The number of hydrogen-bond donors (Lipinski definition) is 0. The molecular formula is C12H11ClO2. The van der Waals surface area contributed by atoms with Gasteiger partial charge in [-0.15, -0.1) is 5.73 Å². The molecule has 0 N–H and O–H groups in total. The normalized spacial score (nSPS) is 11.3. The second-order valence-electron chi connectivity index (χ2n) is 2.95. The minimum atomic E-state index is -0.447. The third kappa shape index (κ3) is 3.62. The molecule has 0 fully saturated rings. The summed E-state index contributed by atoms with van der Waals surface area (Å²) in [5.74, 6) is -0.346. The molecule has 0 aromatic heterocycles. The fraction of sp³-hybridized carbons (Fsp3) is 0.167. The van der Waals surface area contributed by atoms with Crippen LogP contribution in [0.2, 0.25) is 5.02 Å². The summed E-state index contributed by atoms with van der Waals surface area (Å²) in [5.41, 5.74) is 3.44. The number of carbonyl (C=O) groups excluding carboxylic acids is 1. The van der Waals surface area contributed by atoms with Gasteiger partial charge < -0.3 is 4.74 Å². The van der Waals surface area contributed by atoms with Crippen molar-refractivity contribution >= 4 is 17.6 Å². The number of carbonyl (C=O) groups is 1. The number of benzene rings is 1. The number of rotatable bonds is 3. The number of esters is 1. The van der Waals surface area contributed by atoms with Gasteiger partial charge in [0.1, 0.15) is 0 Å². The number of halogens is 1. The van der Waals surface area contributed by atoms with Crippen LogP contribution in [-0.4, -0.2) is 5.97 Å². The Balaban J connectivity index is 2.93. The van der Waals surface area contributed by atoms with Gasteiger partial charge in [-0.05, 0) is 17.7 Å². The smallest absolute Gasteiger partial charge is 0.303 e. The van der Waals surface area contributed by atoms with Crippen LogP contribution in [0.3, 0.4) is 0 Å². The predicted molar refractivity (Wildman–Crippen MR) is 59.7 cm³/mol. The van der Waals surface area contributed by atoms with Crippen molar-refractivity contribution in [2.75, 3.05) is 0 Å². The van der Waals surface area contributed by atoms with Gasteiger partial charge in [0.05, 0.1) is 0 Å². The first-order valence-electron chi connectivity index (χ1n) is 4.42. The van der Waals surface area contributed by atoms with E-state index in [2.05, 4.69) is 12.3 Å². The summed E-state index contributed by atoms with van der Waals surface area (Å²) < 4.78 is 5.08. The number of hydrogen-bond acceptors (Lipinski definition) is 2. The third-order valence-electron chi connectivity index (χ3n) is 1.76. The maximum Gasteiger partial charge on any atom is 0.303 e. The molecule has 0 radical (unpaired) electrons. The van der Waals surface area contributed by atoms with Gasteiger partial charge >= 0.3 is 5.97 Å². The second-order valence-corrected chi connectivity index (χ2v) is 3.39. The van der Waals surface area contributed by atoms with Gasteiger partial charge in [0.15, 0.2) is 6.10 Å². The molecule has 1 rings (SSSR count). The molecule has 0 heterocycles. The SMILES string of the molecule is C=C=C[C@H](OC(C)=O)c1ccc(Cl)cc1. The standard InChI is InChI=1S/C12H11ClO2/c1-3-4-12(15-9(2)14)10-5-7-11(13)8-6-10/h4-8,12H,1H2,2H3/t12-/m0/s1. The summed E-state index contributed by atoms with van der Waals surface area (Å²) in [6, 6.07) is 7.07. The van der Waals surface area contributed by atoms with Gasteiger partial charge in [-0.1, -0.05) is 30.3 Å². The van der Waals surface area contributed by atoms with Crippen LogP contribution in [0.4, 0.5) is 0 Å². The average Bonchev–Trinajstić information content (AvgIpc) is 2.17. The lowest BCUT2D eigenvalue weighted by Crippen LogP contribution is -2.05. The zero-order valence-corrected chi connectivity index (χ0v) is 9.12. The summed E-state index contributed by atoms with van der Waals surface area (Å²) >= 11 is 5.75. The summed E-state index contributed by atoms with van der Waals surface area (Å²) in [7, 11) is 0. The molecule has 0 saturated heterocycles. The molecule has 2 nitrogen and oxygen atoms in total. The highest BCUT2D eigenvalue weighted by Crippen LogP contribution is 2.20. The minimum absolute atomic E-state index is 0.346. The molecular weight excluding hydrogens is 212 g/mol. The number of ether oxygens (including phenoxy) is 1. The van der Waals surface area contributed by atoms with Crippen LogP contribution < -0.4 is 0 Å². The molecule has 0 spiro atoms. The first-order valence-corrected chi connectivity index (χ1v) is 4.80. The van der Waals surface area contributed by atoms with E-state index in [0.717, 1.165) is 5.56 Å². The largest absolute Gasteiger partial charge is 0.453 e. The van der Waals surface area contributed by atoms with Crippen LogP contribution >= 0.6 is 11.6 Å². The van der Waals surface area contributed by atoms with Gasteiger partial charge in [-0.3, -0.25) is 4.79 Å². The van der Waals surface area contributed by atoms with E-state index in [1.165, 1.54) is 6.92 Å². The van der Waals surface area contributed by atoms with Crippen LogP contribution in [-0.2, 0) is 9.53 Å². The lowest BCUT2D eigenvalue weighted by atomic mass is 10.1. The monoisotopic (exact) mass is 222 g/mol. The molecule has 78 valence electrons. The maximum absolute atomic E-state index is 10.9. The minimum Gasteiger partial charge on any atom is -0.453 e. The molecule has 1 aromatic carbocycles. The Morgan fingerprint density at radius 1 is 1.53 bits per heavy atom. The summed E-state index contributed by atoms with van der Waals surface area (Å²) in [4.78, 5) is 10.9. The van der Waals surface area contributed by atoms with E-state index >= 15 is 0 Å². The average molecular weight is 223 g/mol. The lowest BCUT2D eigenvalue weighted by Gasteiger charge is -2.12. The molecule has 0 aliphatic heterocycles. The van der Waals surface area contributed by atoms with Crippen LogP contribution in [0.15, 0.2) is 42.7 Å². The molecule has 15 heavy (non-hydrogen) atoms. The Bertz CT molecular complexity index is 389. The highest BCUT2D eigenvalue weighted by molar-refractivity contribution is 6.30. The Morgan fingerprint density at radius 3 is 2.60 bits per heavy atom. The molecule has 0 saturated carbocycles. The highest BCUT2D eigenvalue weighted by atomic mass is 35.5. The van der Waals surface area contributed by atoms with Crippen LogP contribution in [0.1, 0.15) is 18.6 Å². The van der Waals surface area contributed by atoms with Crippen LogP contribution in [0.5, 0.6) is 0 Å². The molecule has 0 amide bonds. The van der Waals surface area contributed by atoms with E-state index in [-0.39, 0.29) is 5.97 Å². The van der Waals surface area contributed by atoms with Crippen LogP contribution in [0.25, 0.3) is 0 Å². The Kier molecular flexibility index (Phi) is 4.17. The van der Waals surface area contributed by atoms with E-state index in [9.17, 15) is 4.79 Å². The van der Waals surface area contributed by atoms with Gasteiger partial charge in [0, 0.05) is 18.0 Å². The van der Waals surface area contributed by atoms with E-state index in [4.69, 9.17) is 16.3 Å². The van der Waals surface area contributed by atoms with E-state index in [1.807, 2.05) is 0 Å². The van der Waals surface area contributed by atoms with Crippen molar-refractivity contribution in [3.05, 3.63) is 53.2 Å². The van der Waals surface area contributed by atoms with Gasteiger partial charge in [-0.25, -0.2) is 0 Å². The molecule has 1 aromatic rings. The van der Waals surface area contributed by atoms with Crippen molar-refractivity contribution in [2.24, 2.45) is 0 Å². The highest BCUT2D eigenvalue weighted by Gasteiger charge is 2.10. The fourth-order valence-electron chi connectivity index (χ4n) is 1.14. The van der Waals surface area contributed by atoms with Crippen molar-refractivity contribution in [1.29, 1.82) is 0 Å². The van der Waals surface area contributed by atoms with Gasteiger partial charge in [0.2, 0.25) is 0 Å². The fourth-order valence-corrected chi connectivity index (χ4v) is 1.26. The van der Waals surface area contributed by atoms with Crippen molar-refractivity contribution in [1.82, 2.24) is 0 Å². The van der Waals surface area contributed by atoms with Gasteiger partial charge in [0.25, 0.3) is 0 Å². The Labute approximate surface area is 93.8 Å². The Morgan fingerprint density at radius 2 is 2.13 bits per heavy atom. The molecule has 1 atom stereocenters. The predicted octanol–water partition coefficient (Wildman–Crippen LogP) is 3.29. The van der Waals surface area contributed by atoms with E-state index < -0.39 is 6.10 Å². The zero-order valence-electron chi connectivity index (χ0n) is 8.37. The van der Waals surface area contributed by atoms with Crippen molar-refractivity contribution in [2.45, 2.75) is 13.0 Å². The third-order valence-corrected chi connectivity index (χ3v) is 2.01. The molecule has 0 aliphatic rings. The molecule has 0 aliphatic carbocycles. The topological polar surface area (TPSA) is 26.3 Å². The zero-order chi connectivity index (χ0) is 11.3. The van der Waals surface area contributed by atoms with E-state index in [1.54, 1.807) is 30.3 Å². The van der Waals surface area contributed by atoms with Crippen molar-refractivity contribution in [3.63, 3.8) is 0 Å². The lowest BCUT2D eigenvalue weighted by molar-refractivity contribution is -0.144. The van der Waals surface area contributed by atoms with Crippen molar-refractivity contribution < 1.29 is 9.53 Å². The summed E-state index contributed by atoms with van der Waals surface area (Å²) in [6.45, 7) is 4.81.